The number of hydrogen-bond acceptors (Lipinski definition) is 6. The van der Waals surface area contributed by atoms with Crippen molar-refractivity contribution in [2.24, 2.45) is 0 Å². The van der Waals surface area contributed by atoms with Gasteiger partial charge in [-0.1, -0.05) is 174 Å². The topological polar surface area (TPSA) is 115 Å². The zero-order chi connectivity index (χ0) is 39.1. The molecule has 6 nitrogen and oxygen atoms in total. The zero-order valence-corrected chi connectivity index (χ0v) is 34.3. The Morgan fingerprint density at radius 3 is 1.02 bits per heavy atom. The molecule has 2 fully saturated rings. The van der Waals surface area contributed by atoms with Crippen LogP contribution in [0.4, 0.5) is 0 Å². The van der Waals surface area contributed by atoms with Gasteiger partial charge in [0.05, 0.1) is 10.8 Å². The molecule has 2 aliphatic rings. The third kappa shape index (κ3) is 14.2. The molecule has 0 unspecified atom stereocenters. The first-order valence-corrected chi connectivity index (χ1v) is 19.6. The maximum Gasteiger partial charge on any atom is 0.169 e. The van der Waals surface area contributed by atoms with Gasteiger partial charge in [-0.05, 0) is 49.7 Å². The van der Waals surface area contributed by atoms with Crippen LogP contribution in [0.3, 0.4) is 0 Å². The minimum absolute atomic E-state index is 0. The van der Waals surface area contributed by atoms with E-state index >= 15 is 0 Å². The van der Waals surface area contributed by atoms with E-state index in [9.17, 15) is 19.8 Å². The molecule has 0 radical (unpaired) electrons. The summed E-state index contributed by atoms with van der Waals surface area (Å²) >= 11 is 0. The van der Waals surface area contributed by atoms with Gasteiger partial charge in [0.1, 0.15) is 11.5 Å². The minimum Gasteiger partial charge on any atom is -0.507 e. The molecule has 0 saturated heterocycles. The van der Waals surface area contributed by atoms with E-state index in [1.165, 1.54) is 12.2 Å². The predicted molar refractivity (Wildman–Crippen MR) is 221 cm³/mol. The molecule has 4 N–H and O–H groups in total. The summed E-state index contributed by atoms with van der Waals surface area (Å²) in [6.45, 7) is 4.79. The summed E-state index contributed by atoms with van der Waals surface area (Å²) in [6, 6.07) is 38.4. The first kappa shape index (κ1) is 47.1. The fourth-order valence-corrected chi connectivity index (χ4v) is 7.05. The Morgan fingerprint density at radius 1 is 0.509 bits per heavy atom. The van der Waals surface area contributed by atoms with Crippen LogP contribution in [0, 0.1) is 0 Å². The number of rotatable bonds is 12. The number of aliphatic hydroxyl groups excluding tert-OH is 4. The van der Waals surface area contributed by atoms with Gasteiger partial charge in [0, 0.05) is 58.2 Å². The van der Waals surface area contributed by atoms with Crippen LogP contribution in [-0.4, -0.2) is 45.2 Å². The molecule has 4 aromatic rings. The third-order valence-corrected chi connectivity index (χ3v) is 10.2. The number of benzene rings is 4. The smallest absolute Gasteiger partial charge is 0.169 e. The molecule has 0 atom stereocenters. The van der Waals surface area contributed by atoms with Gasteiger partial charge in [0.2, 0.25) is 0 Å². The van der Waals surface area contributed by atoms with Gasteiger partial charge in [0.15, 0.2) is 11.6 Å². The van der Waals surface area contributed by atoms with Crippen LogP contribution in [0.5, 0.6) is 0 Å². The van der Waals surface area contributed by atoms with Crippen LogP contribution in [0.25, 0.3) is 11.5 Å². The third-order valence-electron chi connectivity index (χ3n) is 10.2. The second-order valence-electron chi connectivity index (χ2n) is 14.0. The Bertz CT molecular complexity index is 1560. The first-order valence-electron chi connectivity index (χ1n) is 19.6. The monoisotopic (exact) mass is 780 g/mol. The molecule has 0 amide bonds. The van der Waals surface area contributed by atoms with Gasteiger partial charge < -0.3 is 20.4 Å². The number of carbonyl (C=O) groups is 2. The van der Waals surface area contributed by atoms with E-state index in [1.54, 1.807) is 0 Å². The van der Waals surface area contributed by atoms with Crippen molar-refractivity contribution < 1.29 is 51.7 Å². The number of ketones is 2. The summed E-state index contributed by atoms with van der Waals surface area (Å²) in [5.41, 5.74) is 2.55. The molecular formula is C48H60O6Ti. The molecular weight excluding hydrogens is 720 g/mol. The Kier molecular flexibility index (Phi) is 22.2. The number of hydrogen-bond donors (Lipinski definition) is 4. The molecule has 0 aromatic heterocycles. The van der Waals surface area contributed by atoms with Crippen molar-refractivity contribution in [3.8, 4) is 0 Å². The summed E-state index contributed by atoms with van der Waals surface area (Å²) in [6.07, 6.45) is 14.5. The van der Waals surface area contributed by atoms with Crippen molar-refractivity contribution in [2.45, 2.75) is 102 Å². The predicted octanol–water partition coefficient (Wildman–Crippen LogP) is 10.9. The number of carbonyl (C=O) groups excluding carboxylic acids is 2. The van der Waals surface area contributed by atoms with E-state index in [0.29, 0.717) is 24.3 Å². The molecule has 55 heavy (non-hydrogen) atoms. The van der Waals surface area contributed by atoms with Crippen molar-refractivity contribution in [1.29, 1.82) is 0 Å². The van der Waals surface area contributed by atoms with Crippen LogP contribution >= 0.6 is 0 Å². The Morgan fingerprint density at radius 2 is 0.782 bits per heavy atom. The molecule has 7 heteroatoms. The molecule has 292 valence electrons. The van der Waals surface area contributed by atoms with Gasteiger partial charge in [-0.2, -0.15) is 0 Å². The van der Waals surface area contributed by atoms with Crippen molar-refractivity contribution in [2.75, 3.05) is 13.2 Å². The van der Waals surface area contributed by atoms with Gasteiger partial charge in [-0.3, -0.25) is 9.59 Å². The number of unbranched alkanes of at least 4 members (excludes halogenated alkanes) is 2. The van der Waals surface area contributed by atoms with E-state index in [4.69, 9.17) is 10.2 Å². The Hall–Kier alpha value is -4.07. The summed E-state index contributed by atoms with van der Waals surface area (Å²) < 4.78 is 0. The SMILES string of the molecule is CCCCO.CCCCO.O=C(/C=C(\O)c1ccccc1)C1(c2ccccc2)CCCC1.O=C(/C=C(\O)c1ccccc1)C1(c2ccccc2)CCCC1.[Ti]. The van der Waals surface area contributed by atoms with E-state index < -0.39 is 10.8 Å². The summed E-state index contributed by atoms with van der Waals surface area (Å²) in [4.78, 5) is 25.8. The normalized spacial score (nSPS) is 15.4. The van der Waals surface area contributed by atoms with Crippen LogP contribution in [0.15, 0.2) is 133 Å². The molecule has 2 saturated carbocycles. The van der Waals surface area contributed by atoms with Crippen LogP contribution in [0.1, 0.15) is 113 Å². The standard InChI is InChI=1S/2C20H20O2.2C4H10O.Ti/c2*21-18(16-9-3-1-4-10-16)15-19(22)20(13-7-8-14-20)17-11-5-2-6-12-17;2*1-2-3-4-5;/h2*1-6,9-12,15,21H,7-8,13-14H2;2*5H,2-4H2,1H3;/b2*18-15-;;;. The van der Waals surface area contributed by atoms with Crippen molar-refractivity contribution in [1.82, 2.24) is 0 Å². The van der Waals surface area contributed by atoms with E-state index in [0.717, 1.165) is 88.2 Å². The number of aliphatic hydroxyl groups is 4. The van der Waals surface area contributed by atoms with Gasteiger partial charge >= 0.3 is 0 Å². The maximum absolute atomic E-state index is 12.9. The summed E-state index contributed by atoms with van der Waals surface area (Å²) in [7, 11) is 0. The number of allylic oxidation sites excluding steroid dienone is 2. The van der Waals surface area contributed by atoms with Crippen LogP contribution < -0.4 is 0 Å². The zero-order valence-electron chi connectivity index (χ0n) is 32.7. The summed E-state index contributed by atoms with van der Waals surface area (Å²) in [5.74, 6) is 0.121. The molecule has 0 aliphatic heterocycles. The second-order valence-corrected chi connectivity index (χ2v) is 14.0. The van der Waals surface area contributed by atoms with Crippen molar-refractivity contribution in [3.05, 3.63) is 156 Å². The molecule has 0 spiro atoms. The second kappa shape index (κ2) is 25.9. The van der Waals surface area contributed by atoms with Crippen LogP contribution in [0.2, 0.25) is 0 Å². The average Bonchev–Trinajstić information content (AvgIpc) is 3.94. The van der Waals surface area contributed by atoms with E-state index in [2.05, 4.69) is 13.8 Å². The van der Waals surface area contributed by atoms with Gasteiger partial charge in [-0.15, -0.1) is 0 Å². The van der Waals surface area contributed by atoms with Crippen molar-refractivity contribution >= 4 is 23.1 Å². The first-order chi connectivity index (χ1) is 26.3. The molecule has 2 aliphatic carbocycles. The molecule has 0 bridgehead atoms. The van der Waals surface area contributed by atoms with E-state index in [1.807, 2.05) is 121 Å². The molecule has 0 heterocycles. The van der Waals surface area contributed by atoms with Gasteiger partial charge in [0.25, 0.3) is 0 Å². The van der Waals surface area contributed by atoms with Gasteiger partial charge in [-0.25, -0.2) is 0 Å². The summed E-state index contributed by atoms with van der Waals surface area (Å²) in [5, 5.41) is 36.6. The Balaban J connectivity index is 0.000000301. The quantitative estimate of drug-likeness (QED) is 0.0646. The average molecular weight is 781 g/mol. The Labute approximate surface area is 343 Å². The fraction of sp³-hybridized carbons (Fsp3) is 0.375. The maximum atomic E-state index is 12.9. The molecule has 4 aromatic carbocycles. The van der Waals surface area contributed by atoms with Crippen molar-refractivity contribution in [3.63, 3.8) is 0 Å². The van der Waals surface area contributed by atoms with Crippen LogP contribution in [-0.2, 0) is 42.1 Å². The largest absolute Gasteiger partial charge is 0.507 e. The minimum atomic E-state index is -0.468. The van der Waals surface area contributed by atoms with E-state index in [-0.39, 0.29) is 44.8 Å². The fourth-order valence-electron chi connectivity index (χ4n) is 7.05. The molecule has 6 rings (SSSR count).